The molecule has 0 aromatic carbocycles. The number of anilines is 1. The molecule has 1 aromatic rings. The van der Waals surface area contributed by atoms with E-state index in [1.54, 1.807) is 0 Å². The Morgan fingerprint density at radius 3 is 2.89 bits per heavy atom. The number of hydrogen-bond acceptors (Lipinski definition) is 2. The molecule has 2 heterocycles. The highest BCUT2D eigenvalue weighted by Gasteiger charge is 2.32. The summed E-state index contributed by atoms with van der Waals surface area (Å²) in [6.07, 6.45) is 0.681. The van der Waals surface area contributed by atoms with Gasteiger partial charge >= 0.3 is 6.18 Å². The van der Waals surface area contributed by atoms with Gasteiger partial charge < -0.3 is 4.90 Å². The van der Waals surface area contributed by atoms with Crippen molar-refractivity contribution in [2.24, 2.45) is 0 Å². The molecule has 1 aliphatic heterocycles. The monoisotopic (exact) mass is 292 g/mol. The lowest BCUT2D eigenvalue weighted by Gasteiger charge is -2.26. The van der Waals surface area contributed by atoms with Crippen LogP contribution in [0.4, 0.5) is 19.0 Å². The second-order valence-electron chi connectivity index (χ2n) is 4.72. The highest BCUT2D eigenvalue weighted by Crippen LogP contribution is 2.33. The Morgan fingerprint density at radius 2 is 2.21 bits per heavy atom. The molecule has 2 rings (SSSR count). The molecule has 0 spiro atoms. The van der Waals surface area contributed by atoms with E-state index in [2.05, 4.69) is 4.98 Å². The maximum atomic E-state index is 12.7. The molecule has 0 bridgehead atoms. The molecule has 1 unspecified atom stereocenters. The Balaban J connectivity index is 2.16. The van der Waals surface area contributed by atoms with Crippen molar-refractivity contribution in [1.29, 1.82) is 0 Å². The Kier molecular flexibility index (Phi) is 4.55. The van der Waals surface area contributed by atoms with E-state index in [-0.39, 0.29) is 6.04 Å². The maximum Gasteiger partial charge on any atom is 0.416 e. The Bertz CT molecular complexity index is 423. The van der Waals surface area contributed by atoms with Gasteiger partial charge in [0.1, 0.15) is 5.82 Å². The fourth-order valence-corrected chi connectivity index (χ4v) is 2.66. The van der Waals surface area contributed by atoms with Crippen LogP contribution < -0.4 is 4.90 Å². The van der Waals surface area contributed by atoms with E-state index >= 15 is 0 Å². The number of rotatable bonds is 4. The van der Waals surface area contributed by atoms with Gasteiger partial charge in [0, 0.05) is 24.7 Å². The van der Waals surface area contributed by atoms with Crippen LogP contribution in [0.5, 0.6) is 0 Å². The van der Waals surface area contributed by atoms with Gasteiger partial charge in [-0.3, -0.25) is 0 Å². The Morgan fingerprint density at radius 1 is 1.42 bits per heavy atom. The maximum absolute atomic E-state index is 12.7. The van der Waals surface area contributed by atoms with E-state index in [1.807, 2.05) is 4.90 Å². The summed E-state index contributed by atoms with van der Waals surface area (Å²) < 4.78 is 38.1. The quantitative estimate of drug-likeness (QED) is 0.777. The molecule has 1 saturated heterocycles. The number of aromatic nitrogens is 1. The van der Waals surface area contributed by atoms with Crippen LogP contribution in [0.15, 0.2) is 18.3 Å². The zero-order valence-corrected chi connectivity index (χ0v) is 11.2. The molecule has 0 N–H and O–H groups in total. The van der Waals surface area contributed by atoms with Crippen molar-refractivity contribution >= 4 is 17.4 Å². The predicted molar refractivity (Wildman–Crippen MR) is 69.6 cm³/mol. The summed E-state index contributed by atoms with van der Waals surface area (Å²) in [7, 11) is 0. The van der Waals surface area contributed by atoms with E-state index in [1.165, 1.54) is 6.20 Å². The summed E-state index contributed by atoms with van der Waals surface area (Å²) in [4.78, 5) is 6.06. The first-order valence-electron chi connectivity index (χ1n) is 6.38. The third kappa shape index (κ3) is 3.53. The van der Waals surface area contributed by atoms with Gasteiger partial charge in [0.2, 0.25) is 0 Å². The van der Waals surface area contributed by atoms with Crippen molar-refractivity contribution in [1.82, 2.24) is 4.98 Å². The molecular formula is C13H16ClF3N2. The van der Waals surface area contributed by atoms with Gasteiger partial charge in [-0.05, 0) is 37.8 Å². The molecule has 1 fully saturated rings. The van der Waals surface area contributed by atoms with Crippen LogP contribution in [0, 0.1) is 0 Å². The van der Waals surface area contributed by atoms with Gasteiger partial charge in [0.15, 0.2) is 0 Å². The zero-order chi connectivity index (χ0) is 13.9. The smallest absolute Gasteiger partial charge is 0.354 e. The SMILES string of the molecule is FC(F)(F)c1ccnc(N2CCCC2CCCCl)c1. The van der Waals surface area contributed by atoms with Crippen molar-refractivity contribution in [3.05, 3.63) is 23.9 Å². The van der Waals surface area contributed by atoms with Crippen LogP contribution in [0.25, 0.3) is 0 Å². The normalized spacial score (nSPS) is 20.0. The number of hydrogen-bond donors (Lipinski definition) is 0. The van der Waals surface area contributed by atoms with Gasteiger partial charge in [-0.1, -0.05) is 0 Å². The van der Waals surface area contributed by atoms with Crippen LogP contribution >= 0.6 is 11.6 Å². The summed E-state index contributed by atoms with van der Waals surface area (Å²) in [6.45, 7) is 0.765. The molecular weight excluding hydrogens is 277 g/mol. The van der Waals surface area contributed by atoms with Crippen LogP contribution in [0.3, 0.4) is 0 Å². The molecule has 0 radical (unpaired) electrons. The van der Waals surface area contributed by atoms with Crippen molar-refractivity contribution < 1.29 is 13.2 Å². The average molecular weight is 293 g/mol. The average Bonchev–Trinajstić information content (AvgIpc) is 2.83. The van der Waals surface area contributed by atoms with Crippen molar-refractivity contribution in [3.63, 3.8) is 0 Å². The van der Waals surface area contributed by atoms with Gasteiger partial charge in [-0.15, -0.1) is 11.6 Å². The zero-order valence-electron chi connectivity index (χ0n) is 10.5. The summed E-state index contributed by atoms with van der Waals surface area (Å²) in [5.74, 6) is 1.01. The minimum absolute atomic E-state index is 0.259. The Labute approximate surface area is 115 Å². The van der Waals surface area contributed by atoms with E-state index in [9.17, 15) is 13.2 Å². The number of alkyl halides is 4. The predicted octanol–water partition coefficient (Wildman–Crippen LogP) is 4.09. The van der Waals surface area contributed by atoms with Gasteiger partial charge in [0.25, 0.3) is 0 Å². The third-order valence-corrected chi connectivity index (χ3v) is 3.68. The minimum Gasteiger partial charge on any atom is -0.354 e. The van der Waals surface area contributed by atoms with E-state index in [0.29, 0.717) is 11.7 Å². The molecule has 1 aliphatic rings. The number of pyridine rings is 1. The van der Waals surface area contributed by atoms with Crippen LogP contribution in [-0.2, 0) is 6.18 Å². The molecule has 1 atom stereocenters. The standard InChI is InChI=1S/C13H16ClF3N2/c14-6-1-3-11-4-2-8-19(11)12-9-10(5-7-18-12)13(15,16)17/h5,7,9,11H,1-4,6,8H2. The van der Waals surface area contributed by atoms with E-state index < -0.39 is 11.7 Å². The summed E-state index contributed by atoms with van der Waals surface area (Å²) in [6, 6.07) is 2.40. The van der Waals surface area contributed by atoms with Crippen LogP contribution in [0.1, 0.15) is 31.2 Å². The molecule has 2 nitrogen and oxygen atoms in total. The van der Waals surface area contributed by atoms with Crippen molar-refractivity contribution in [2.75, 3.05) is 17.3 Å². The van der Waals surface area contributed by atoms with Gasteiger partial charge in [-0.2, -0.15) is 13.2 Å². The lowest BCUT2D eigenvalue weighted by Crippen LogP contribution is -2.30. The van der Waals surface area contributed by atoms with Crippen molar-refractivity contribution in [2.45, 2.75) is 37.9 Å². The summed E-state index contributed by atoms with van der Waals surface area (Å²) in [5.41, 5.74) is -0.638. The van der Waals surface area contributed by atoms with Crippen LogP contribution in [0.2, 0.25) is 0 Å². The minimum atomic E-state index is -4.32. The largest absolute Gasteiger partial charge is 0.416 e. The van der Waals surface area contributed by atoms with Crippen molar-refractivity contribution in [3.8, 4) is 0 Å². The first-order chi connectivity index (χ1) is 9.02. The molecule has 19 heavy (non-hydrogen) atoms. The lowest BCUT2D eigenvalue weighted by atomic mass is 10.1. The highest BCUT2D eigenvalue weighted by molar-refractivity contribution is 6.17. The summed E-state index contributed by atoms with van der Waals surface area (Å²) in [5, 5.41) is 0. The van der Waals surface area contributed by atoms with Gasteiger partial charge in [-0.25, -0.2) is 4.98 Å². The number of nitrogens with zero attached hydrogens (tertiary/aromatic N) is 2. The molecule has 0 amide bonds. The van der Waals surface area contributed by atoms with E-state index in [4.69, 9.17) is 11.6 Å². The first kappa shape index (κ1) is 14.4. The molecule has 106 valence electrons. The Hall–Kier alpha value is -0.970. The van der Waals surface area contributed by atoms with E-state index in [0.717, 1.165) is 44.4 Å². The molecule has 0 aliphatic carbocycles. The second kappa shape index (κ2) is 5.99. The molecule has 1 aromatic heterocycles. The van der Waals surface area contributed by atoms with Crippen LogP contribution in [-0.4, -0.2) is 23.5 Å². The fraction of sp³-hybridized carbons (Fsp3) is 0.615. The highest BCUT2D eigenvalue weighted by atomic mass is 35.5. The third-order valence-electron chi connectivity index (χ3n) is 3.42. The molecule has 6 heteroatoms. The number of halogens is 4. The second-order valence-corrected chi connectivity index (χ2v) is 5.10. The lowest BCUT2D eigenvalue weighted by molar-refractivity contribution is -0.137. The molecule has 0 saturated carbocycles. The summed E-state index contributed by atoms with van der Waals surface area (Å²) >= 11 is 5.68. The van der Waals surface area contributed by atoms with Gasteiger partial charge in [0.05, 0.1) is 5.56 Å². The first-order valence-corrected chi connectivity index (χ1v) is 6.91. The topological polar surface area (TPSA) is 16.1 Å². The fourth-order valence-electron chi connectivity index (χ4n) is 2.50.